The highest BCUT2D eigenvalue weighted by Gasteiger charge is 2.35. The molecule has 1 saturated heterocycles. The van der Waals surface area contributed by atoms with Gasteiger partial charge in [-0.25, -0.2) is 9.29 Å². The Hall–Kier alpha value is -3.26. The van der Waals surface area contributed by atoms with Crippen molar-refractivity contribution in [3.05, 3.63) is 59.4 Å². The second-order valence-corrected chi connectivity index (χ2v) is 6.37. The minimum absolute atomic E-state index is 0.0323. The van der Waals surface area contributed by atoms with Crippen LogP contribution >= 0.6 is 12.2 Å². The molecule has 6 nitrogen and oxygen atoms in total. The van der Waals surface area contributed by atoms with E-state index in [4.69, 9.17) is 21.7 Å². The quantitative estimate of drug-likeness (QED) is 0.446. The summed E-state index contributed by atoms with van der Waals surface area (Å²) in [6, 6.07) is 10.8. The fraction of sp³-hybridized carbons (Fsp3) is 0.190. The number of carbonyl (C=O) groups excluding carboxylic acids is 2. The van der Waals surface area contributed by atoms with Crippen LogP contribution in [-0.4, -0.2) is 30.1 Å². The van der Waals surface area contributed by atoms with Gasteiger partial charge in [-0.3, -0.25) is 14.9 Å². The molecule has 0 aliphatic carbocycles. The Labute approximate surface area is 172 Å². The van der Waals surface area contributed by atoms with Gasteiger partial charge in [-0.2, -0.15) is 0 Å². The Morgan fingerprint density at radius 3 is 2.45 bits per heavy atom. The average Bonchev–Trinajstić information content (AvgIpc) is 2.68. The summed E-state index contributed by atoms with van der Waals surface area (Å²) in [6.07, 6.45) is 1.41. The third-order valence-corrected chi connectivity index (χ3v) is 4.36. The number of carbonyl (C=O) groups is 2. The van der Waals surface area contributed by atoms with E-state index in [1.165, 1.54) is 24.3 Å². The smallest absolute Gasteiger partial charge is 0.270 e. The van der Waals surface area contributed by atoms with E-state index in [9.17, 15) is 14.0 Å². The average molecular weight is 414 g/mol. The molecule has 0 unspecified atom stereocenters. The molecule has 29 heavy (non-hydrogen) atoms. The van der Waals surface area contributed by atoms with Crippen molar-refractivity contribution < 1.29 is 23.5 Å². The number of halogens is 1. The summed E-state index contributed by atoms with van der Waals surface area (Å²) >= 11 is 5.08. The van der Waals surface area contributed by atoms with Crippen molar-refractivity contribution in [3.63, 3.8) is 0 Å². The van der Waals surface area contributed by atoms with Gasteiger partial charge in [0.25, 0.3) is 11.8 Å². The number of amides is 2. The summed E-state index contributed by atoms with van der Waals surface area (Å²) in [5.74, 6) is -0.938. The van der Waals surface area contributed by atoms with Crippen LogP contribution in [0.1, 0.15) is 19.4 Å². The highest BCUT2D eigenvalue weighted by Crippen LogP contribution is 2.30. The fourth-order valence-electron chi connectivity index (χ4n) is 2.83. The molecule has 0 bridgehead atoms. The van der Waals surface area contributed by atoms with Crippen LogP contribution < -0.4 is 19.7 Å². The normalized spacial score (nSPS) is 15.5. The molecular weight excluding hydrogens is 395 g/mol. The van der Waals surface area contributed by atoms with E-state index in [-0.39, 0.29) is 16.4 Å². The topological polar surface area (TPSA) is 67.9 Å². The van der Waals surface area contributed by atoms with Crippen molar-refractivity contribution >= 4 is 40.9 Å². The molecule has 0 atom stereocenters. The SMILES string of the molecule is CCOc1ccc(/C=C2/C(=O)NC(=S)N(c3ccccc3F)C2=O)cc1OCC. The van der Waals surface area contributed by atoms with E-state index in [0.29, 0.717) is 30.3 Å². The molecular formula is C21H19FN2O4S. The highest BCUT2D eigenvalue weighted by atomic mass is 32.1. The standard InChI is InChI=1S/C21H19FN2O4S/c1-3-27-17-10-9-13(12-18(17)28-4-2)11-14-19(25)23-21(29)24(20(14)26)16-8-6-5-7-15(16)22/h5-12H,3-4H2,1-2H3,(H,23,25,29)/b14-11-. The first-order chi connectivity index (χ1) is 14.0. The lowest BCUT2D eigenvalue weighted by Gasteiger charge is -2.29. The zero-order valence-corrected chi connectivity index (χ0v) is 16.7. The fourth-order valence-corrected chi connectivity index (χ4v) is 3.11. The molecule has 150 valence electrons. The lowest BCUT2D eigenvalue weighted by Crippen LogP contribution is -2.54. The highest BCUT2D eigenvalue weighted by molar-refractivity contribution is 7.80. The van der Waals surface area contributed by atoms with Crippen LogP contribution in [0.15, 0.2) is 48.0 Å². The van der Waals surface area contributed by atoms with Gasteiger partial charge in [0.05, 0.1) is 18.9 Å². The number of rotatable bonds is 6. The first-order valence-electron chi connectivity index (χ1n) is 9.01. The molecule has 1 aliphatic rings. The predicted molar refractivity (Wildman–Crippen MR) is 111 cm³/mol. The molecule has 0 saturated carbocycles. The van der Waals surface area contributed by atoms with Gasteiger partial charge in [0.2, 0.25) is 0 Å². The summed E-state index contributed by atoms with van der Waals surface area (Å²) < 4.78 is 25.3. The molecule has 0 spiro atoms. The zero-order chi connectivity index (χ0) is 21.0. The van der Waals surface area contributed by atoms with Crippen molar-refractivity contribution in [1.29, 1.82) is 0 Å². The van der Waals surface area contributed by atoms with Crippen molar-refractivity contribution in [2.45, 2.75) is 13.8 Å². The maximum absolute atomic E-state index is 14.2. The van der Waals surface area contributed by atoms with E-state index >= 15 is 0 Å². The Kier molecular flexibility index (Phi) is 6.23. The minimum atomic E-state index is -0.712. The van der Waals surface area contributed by atoms with E-state index in [1.807, 2.05) is 13.8 Å². The number of hydrogen-bond acceptors (Lipinski definition) is 5. The van der Waals surface area contributed by atoms with Gasteiger partial charge in [0.1, 0.15) is 11.4 Å². The molecule has 1 aliphatic heterocycles. The summed E-state index contributed by atoms with van der Waals surface area (Å²) in [4.78, 5) is 26.3. The number of anilines is 1. The zero-order valence-electron chi connectivity index (χ0n) is 15.9. The van der Waals surface area contributed by atoms with Crippen LogP contribution in [0.5, 0.6) is 11.5 Å². The van der Waals surface area contributed by atoms with Crippen LogP contribution in [0.25, 0.3) is 6.08 Å². The van der Waals surface area contributed by atoms with Crippen molar-refractivity contribution in [2.75, 3.05) is 18.1 Å². The van der Waals surface area contributed by atoms with E-state index in [0.717, 1.165) is 4.90 Å². The number of para-hydroxylation sites is 1. The van der Waals surface area contributed by atoms with E-state index < -0.39 is 17.6 Å². The Morgan fingerprint density at radius 2 is 1.76 bits per heavy atom. The number of nitrogens with one attached hydrogen (secondary N) is 1. The molecule has 1 fully saturated rings. The third-order valence-electron chi connectivity index (χ3n) is 4.07. The Bertz CT molecular complexity index is 1010. The van der Waals surface area contributed by atoms with Crippen LogP contribution in [0.2, 0.25) is 0 Å². The molecule has 1 N–H and O–H groups in total. The first-order valence-corrected chi connectivity index (χ1v) is 9.42. The van der Waals surface area contributed by atoms with Crippen molar-refractivity contribution in [2.24, 2.45) is 0 Å². The van der Waals surface area contributed by atoms with Crippen LogP contribution in [0, 0.1) is 5.82 Å². The summed E-state index contributed by atoms with van der Waals surface area (Å²) in [7, 11) is 0. The molecule has 3 rings (SSSR count). The number of thiocarbonyl (C=S) groups is 1. The largest absolute Gasteiger partial charge is 0.490 e. The molecule has 2 aromatic carbocycles. The van der Waals surface area contributed by atoms with E-state index in [1.54, 1.807) is 24.3 Å². The molecule has 2 amide bonds. The molecule has 0 radical (unpaired) electrons. The monoisotopic (exact) mass is 414 g/mol. The second kappa shape index (κ2) is 8.83. The van der Waals surface area contributed by atoms with Crippen LogP contribution in [0.4, 0.5) is 10.1 Å². The van der Waals surface area contributed by atoms with Gasteiger partial charge in [0.15, 0.2) is 16.6 Å². The molecule has 0 aromatic heterocycles. The van der Waals surface area contributed by atoms with Gasteiger partial charge in [0, 0.05) is 0 Å². The maximum atomic E-state index is 14.2. The summed E-state index contributed by atoms with van der Waals surface area (Å²) in [6.45, 7) is 4.59. The maximum Gasteiger partial charge on any atom is 0.270 e. The second-order valence-electron chi connectivity index (χ2n) is 5.98. The molecule has 1 heterocycles. The molecule has 8 heteroatoms. The number of hydrogen-bond donors (Lipinski definition) is 1. The number of nitrogens with zero attached hydrogens (tertiary/aromatic N) is 1. The Morgan fingerprint density at radius 1 is 1.07 bits per heavy atom. The van der Waals surface area contributed by atoms with Crippen LogP contribution in [0.3, 0.4) is 0 Å². The lowest BCUT2D eigenvalue weighted by atomic mass is 10.1. The van der Waals surface area contributed by atoms with Gasteiger partial charge in [-0.15, -0.1) is 0 Å². The van der Waals surface area contributed by atoms with Gasteiger partial charge < -0.3 is 9.47 Å². The van der Waals surface area contributed by atoms with Crippen molar-refractivity contribution in [3.8, 4) is 11.5 Å². The first kappa shape index (κ1) is 20.5. The van der Waals surface area contributed by atoms with Gasteiger partial charge in [-0.1, -0.05) is 18.2 Å². The summed E-state index contributed by atoms with van der Waals surface area (Å²) in [5.41, 5.74) is 0.347. The predicted octanol–water partition coefficient (Wildman–Crippen LogP) is 3.45. The van der Waals surface area contributed by atoms with Crippen LogP contribution in [-0.2, 0) is 9.59 Å². The third kappa shape index (κ3) is 4.27. The Balaban J connectivity index is 2.00. The lowest BCUT2D eigenvalue weighted by molar-refractivity contribution is -0.122. The van der Waals surface area contributed by atoms with E-state index in [2.05, 4.69) is 5.32 Å². The van der Waals surface area contributed by atoms with Crippen molar-refractivity contribution in [1.82, 2.24) is 5.32 Å². The molecule has 2 aromatic rings. The minimum Gasteiger partial charge on any atom is -0.490 e. The summed E-state index contributed by atoms with van der Waals surface area (Å²) in [5, 5.41) is 2.26. The number of benzene rings is 2. The van der Waals surface area contributed by atoms with Gasteiger partial charge >= 0.3 is 0 Å². The van der Waals surface area contributed by atoms with Gasteiger partial charge in [-0.05, 0) is 62.0 Å². The number of ether oxygens (including phenoxy) is 2.